The Morgan fingerprint density at radius 1 is 1.27 bits per heavy atom. The molecule has 1 fully saturated rings. The number of hydrogen-bond donors (Lipinski definition) is 3. The number of aromatic nitrogens is 1. The minimum Gasteiger partial charge on any atom is -0.383 e. The summed E-state index contributed by atoms with van der Waals surface area (Å²) in [5.74, 6) is -0.856. The number of carbonyl (C=O) groups is 2. The number of amides is 2. The first-order chi connectivity index (χ1) is 19.1. The molecule has 3 aliphatic rings. The highest BCUT2D eigenvalue weighted by molar-refractivity contribution is 9.10. The van der Waals surface area contributed by atoms with Gasteiger partial charge in [0.1, 0.15) is 5.84 Å². The summed E-state index contributed by atoms with van der Waals surface area (Å²) in [6.07, 6.45) is 6.20. The summed E-state index contributed by atoms with van der Waals surface area (Å²) in [6.45, 7) is 0.414. The van der Waals surface area contributed by atoms with Crippen LogP contribution in [0.2, 0.25) is 10.0 Å². The number of nitrogens with zero attached hydrogens (tertiary/aromatic N) is 4. The van der Waals surface area contributed by atoms with Gasteiger partial charge in [-0.25, -0.2) is 0 Å². The van der Waals surface area contributed by atoms with Gasteiger partial charge in [-0.2, -0.15) is 13.5 Å². The third-order valence-corrected chi connectivity index (χ3v) is 8.09. The minimum atomic E-state index is -3.26. The molecule has 0 bridgehead atoms. The Hall–Kier alpha value is -3.13. The van der Waals surface area contributed by atoms with Crippen molar-refractivity contribution in [1.29, 1.82) is 0 Å². The summed E-state index contributed by atoms with van der Waals surface area (Å²) in [5.41, 5.74) is 4.12. The van der Waals surface area contributed by atoms with Crippen molar-refractivity contribution in [2.45, 2.75) is 24.8 Å². The predicted octanol–water partition coefficient (Wildman–Crippen LogP) is 3.65. The van der Waals surface area contributed by atoms with Crippen molar-refractivity contribution < 1.29 is 22.2 Å². The molecule has 1 aromatic heterocycles. The zero-order valence-electron chi connectivity index (χ0n) is 20.9. The third kappa shape index (κ3) is 6.12. The number of benzene rings is 1. The average Bonchev–Trinajstić information content (AvgIpc) is 3.65. The average molecular weight is 670 g/mol. The van der Waals surface area contributed by atoms with Crippen molar-refractivity contribution >= 4 is 73.5 Å². The Morgan fingerprint density at radius 2 is 2.05 bits per heavy atom. The summed E-state index contributed by atoms with van der Waals surface area (Å²) in [4.78, 5) is 34.4. The molecule has 2 amide bonds. The first-order valence-electron chi connectivity index (χ1n) is 12.1. The van der Waals surface area contributed by atoms with Gasteiger partial charge in [0.2, 0.25) is 0 Å². The maximum absolute atomic E-state index is 13.6. The van der Waals surface area contributed by atoms with Gasteiger partial charge in [0.05, 0.1) is 34.4 Å². The Kier molecular flexibility index (Phi) is 8.36. The van der Waals surface area contributed by atoms with Crippen LogP contribution in [0.4, 0.5) is 5.69 Å². The number of pyridine rings is 1. The van der Waals surface area contributed by atoms with Crippen LogP contribution in [0.3, 0.4) is 0 Å². The lowest BCUT2D eigenvalue weighted by atomic mass is 10.0. The Balaban J connectivity index is 1.44. The predicted molar refractivity (Wildman–Crippen MR) is 155 cm³/mol. The van der Waals surface area contributed by atoms with Gasteiger partial charge in [-0.05, 0) is 59.1 Å². The van der Waals surface area contributed by atoms with E-state index < -0.39 is 16.9 Å². The lowest BCUT2D eigenvalue weighted by Gasteiger charge is -2.28. The van der Waals surface area contributed by atoms with E-state index in [2.05, 4.69) is 36.8 Å². The Labute approximate surface area is 250 Å². The van der Waals surface area contributed by atoms with Crippen LogP contribution in [0.25, 0.3) is 0 Å². The van der Waals surface area contributed by atoms with Crippen molar-refractivity contribution in [2.75, 3.05) is 25.5 Å². The second kappa shape index (κ2) is 11.8. The van der Waals surface area contributed by atoms with E-state index in [0.717, 1.165) is 12.8 Å². The number of allylic oxidation sites excluding steroid dienone is 1. The molecule has 2 aliphatic heterocycles. The molecule has 1 aromatic carbocycles. The molecular weight excluding hydrogens is 647 g/mol. The van der Waals surface area contributed by atoms with Gasteiger partial charge in [0, 0.05) is 47.1 Å². The Morgan fingerprint density at radius 3 is 2.75 bits per heavy atom. The highest BCUT2D eigenvalue weighted by Crippen LogP contribution is 2.35. The molecule has 11 nitrogen and oxygen atoms in total. The van der Waals surface area contributed by atoms with Gasteiger partial charge in [-0.3, -0.25) is 14.6 Å². The number of amidine groups is 1. The molecule has 210 valence electrons. The molecular formula is C25H23BrCl2N6O5S. The van der Waals surface area contributed by atoms with E-state index >= 15 is 0 Å². The van der Waals surface area contributed by atoms with Gasteiger partial charge >= 0.3 is 0 Å². The number of halogens is 3. The van der Waals surface area contributed by atoms with Gasteiger partial charge in [0.15, 0.2) is 5.76 Å². The van der Waals surface area contributed by atoms with Crippen molar-refractivity contribution in [1.82, 2.24) is 20.2 Å². The van der Waals surface area contributed by atoms with Gasteiger partial charge < -0.3 is 24.7 Å². The normalized spacial score (nSPS) is 18.5. The molecule has 2 aromatic rings. The van der Waals surface area contributed by atoms with Crippen LogP contribution in [0.15, 0.2) is 63.6 Å². The number of hydrazone groups is 1. The summed E-state index contributed by atoms with van der Waals surface area (Å²) < 4.78 is 28.2. The number of hydrogen-bond acceptors (Lipinski definition) is 9. The molecule has 5 rings (SSSR count). The van der Waals surface area contributed by atoms with Crippen molar-refractivity contribution in [2.24, 2.45) is 5.10 Å². The van der Waals surface area contributed by atoms with Crippen LogP contribution < -0.4 is 10.7 Å². The number of carbonyl (C=O) groups excluding carboxylic acids is 2. The highest BCUT2D eigenvalue weighted by atomic mass is 79.9. The van der Waals surface area contributed by atoms with Crippen LogP contribution in [0, 0.1) is 0 Å². The van der Waals surface area contributed by atoms with Gasteiger partial charge in [-0.15, -0.1) is 0 Å². The number of anilines is 1. The standard InChI is InChI=1S/C25H23BrCl2N6O5S/c1-33(15-4-5-15)25(36)17-8-14(27)9-19(26)21(17)31-24(35)13-7-16(39-40(37)38)12-34(11-13)23-18(10-30-32-23)22-20(28)3-2-6-29-22/h2-3,6-9,12,15,18,30,40H,4-5,10-11H2,1H3,(H,31,35). The largest absolute Gasteiger partial charge is 0.383 e. The zero-order chi connectivity index (χ0) is 28.6. The SMILES string of the molecule is CN(C(=O)c1cc(Cl)cc(Br)c1NC(=O)C1=CC(O[SH](=O)=O)=CN(C2=NNCC2c2ncccc2Cl)C1)C1CC1. The van der Waals surface area contributed by atoms with E-state index in [1.165, 1.54) is 18.3 Å². The van der Waals surface area contributed by atoms with E-state index in [1.54, 1.807) is 41.2 Å². The summed E-state index contributed by atoms with van der Waals surface area (Å²) in [7, 11) is -1.55. The lowest BCUT2D eigenvalue weighted by Crippen LogP contribution is -2.37. The van der Waals surface area contributed by atoms with Crippen LogP contribution in [-0.4, -0.2) is 67.0 Å². The first-order valence-corrected chi connectivity index (χ1v) is 14.8. The number of rotatable bonds is 7. The smallest absolute Gasteiger partial charge is 0.299 e. The van der Waals surface area contributed by atoms with Crippen molar-refractivity contribution in [3.8, 4) is 0 Å². The maximum Gasteiger partial charge on any atom is 0.299 e. The lowest BCUT2D eigenvalue weighted by molar-refractivity contribution is -0.113. The molecule has 1 atom stereocenters. The first kappa shape index (κ1) is 28.4. The molecule has 1 aliphatic carbocycles. The molecule has 1 saturated carbocycles. The fourth-order valence-corrected chi connectivity index (χ4v) is 5.90. The zero-order valence-corrected chi connectivity index (χ0v) is 24.9. The second-order valence-corrected chi connectivity index (χ2v) is 11.6. The summed E-state index contributed by atoms with van der Waals surface area (Å²) in [5, 5.41) is 7.93. The molecule has 15 heteroatoms. The number of thiol groups is 1. The van der Waals surface area contributed by atoms with E-state index in [-0.39, 0.29) is 47.0 Å². The molecule has 40 heavy (non-hydrogen) atoms. The highest BCUT2D eigenvalue weighted by Gasteiger charge is 2.34. The van der Waals surface area contributed by atoms with Crippen LogP contribution in [0.1, 0.15) is 34.8 Å². The van der Waals surface area contributed by atoms with Crippen molar-refractivity contribution in [3.63, 3.8) is 0 Å². The van der Waals surface area contributed by atoms with Gasteiger partial charge in [-0.1, -0.05) is 23.2 Å². The van der Waals surface area contributed by atoms with E-state index in [1.807, 2.05) is 0 Å². The molecule has 2 N–H and O–H groups in total. The van der Waals surface area contributed by atoms with E-state index in [9.17, 15) is 18.0 Å². The Bertz CT molecular complexity index is 1550. The quantitative estimate of drug-likeness (QED) is 0.381. The van der Waals surface area contributed by atoms with Crippen LogP contribution in [-0.2, 0) is 20.0 Å². The second-order valence-electron chi connectivity index (χ2n) is 9.31. The molecule has 0 saturated heterocycles. The van der Waals surface area contributed by atoms with Gasteiger partial charge in [0.25, 0.3) is 22.8 Å². The monoisotopic (exact) mass is 668 g/mol. The van der Waals surface area contributed by atoms with Crippen LogP contribution in [0.5, 0.6) is 0 Å². The third-order valence-electron chi connectivity index (χ3n) is 6.56. The van der Waals surface area contributed by atoms with Crippen molar-refractivity contribution in [3.05, 3.63) is 79.8 Å². The van der Waals surface area contributed by atoms with E-state index in [4.69, 9.17) is 27.4 Å². The fraction of sp³-hybridized carbons (Fsp3) is 0.280. The maximum atomic E-state index is 13.6. The molecule has 0 spiro atoms. The minimum absolute atomic E-state index is 0.0201. The van der Waals surface area contributed by atoms with Crippen LogP contribution >= 0.6 is 39.1 Å². The van der Waals surface area contributed by atoms with E-state index in [0.29, 0.717) is 32.6 Å². The fourth-order valence-electron chi connectivity index (χ4n) is 4.46. The summed E-state index contributed by atoms with van der Waals surface area (Å²) in [6, 6.07) is 6.64. The molecule has 0 radical (unpaired) electrons. The summed E-state index contributed by atoms with van der Waals surface area (Å²) >= 11 is 16.0. The topological polar surface area (TPSA) is 133 Å². The molecule has 1 unspecified atom stereocenters. The molecule has 3 heterocycles. The number of nitrogens with one attached hydrogen (secondary N) is 2.